The minimum absolute atomic E-state index is 0.347. The van der Waals surface area contributed by atoms with E-state index in [1.165, 1.54) is 0 Å². The number of sulfone groups is 1. The molecule has 1 saturated heterocycles. The maximum atomic E-state index is 11.9. The summed E-state index contributed by atoms with van der Waals surface area (Å²) in [4.78, 5) is 0.347. The number of hydrogen-bond acceptors (Lipinski definition) is 4. The van der Waals surface area contributed by atoms with Crippen molar-refractivity contribution < 1.29 is 13.2 Å². The van der Waals surface area contributed by atoms with Crippen molar-refractivity contribution in [2.75, 3.05) is 13.2 Å². The maximum Gasteiger partial charge on any atom is 0.180 e. The first kappa shape index (κ1) is 12.5. The molecule has 0 saturated carbocycles. The number of hydrogen-bond donors (Lipinski definition) is 1. The Hall–Kier alpha value is -0.910. The van der Waals surface area contributed by atoms with Gasteiger partial charge in [-0.2, -0.15) is 0 Å². The van der Waals surface area contributed by atoms with Crippen molar-refractivity contribution in [2.45, 2.75) is 29.5 Å². The second kappa shape index (κ2) is 4.08. The number of benzene rings is 1. The second-order valence-corrected chi connectivity index (χ2v) is 7.27. The molecule has 17 heavy (non-hydrogen) atoms. The Morgan fingerprint density at radius 2 is 1.76 bits per heavy atom. The fourth-order valence-electron chi connectivity index (χ4n) is 1.74. The van der Waals surface area contributed by atoms with Crippen LogP contribution < -0.4 is 5.73 Å². The molecule has 1 heterocycles. The third kappa shape index (κ3) is 2.10. The molecule has 1 aromatic rings. The largest absolute Gasteiger partial charge is 0.377 e. The van der Waals surface area contributed by atoms with Gasteiger partial charge in [0.2, 0.25) is 0 Å². The lowest BCUT2D eigenvalue weighted by Gasteiger charge is -2.38. The van der Waals surface area contributed by atoms with E-state index in [9.17, 15) is 8.42 Å². The van der Waals surface area contributed by atoms with E-state index in [4.69, 9.17) is 10.5 Å². The van der Waals surface area contributed by atoms with Crippen molar-refractivity contribution in [1.29, 1.82) is 0 Å². The average molecular weight is 255 g/mol. The van der Waals surface area contributed by atoms with Crippen molar-refractivity contribution >= 4 is 9.84 Å². The van der Waals surface area contributed by atoms with Gasteiger partial charge in [-0.3, -0.25) is 0 Å². The standard InChI is InChI=1S/C12H17NO3S/c1-9(2)17(14,15)11-5-3-10(4-6-11)12(13)7-16-8-12/h3-6,9H,7-8,13H2,1-2H3. The molecular formula is C12H17NO3S. The third-order valence-electron chi connectivity index (χ3n) is 3.10. The minimum Gasteiger partial charge on any atom is -0.377 e. The van der Waals surface area contributed by atoms with Crippen LogP contribution in [0.25, 0.3) is 0 Å². The predicted octanol–water partition coefficient (Wildman–Crippen LogP) is 1.05. The third-order valence-corrected chi connectivity index (χ3v) is 5.27. The number of rotatable bonds is 3. The Balaban J connectivity index is 2.31. The van der Waals surface area contributed by atoms with Gasteiger partial charge in [-0.1, -0.05) is 12.1 Å². The quantitative estimate of drug-likeness (QED) is 0.876. The molecule has 1 aliphatic rings. The van der Waals surface area contributed by atoms with Crippen molar-refractivity contribution in [3.63, 3.8) is 0 Å². The average Bonchev–Trinajstić information content (AvgIpc) is 2.26. The van der Waals surface area contributed by atoms with Gasteiger partial charge in [0.15, 0.2) is 9.84 Å². The van der Waals surface area contributed by atoms with E-state index in [1.54, 1.807) is 38.1 Å². The summed E-state index contributed by atoms with van der Waals surface area (Å²) < 4.78 is 28.9. The molecule has 0 unspecified atom stereocenters. The van der Waals surface area contributed by atoms with Crippen LogP contribution >= 0.6 is 0 Å². The monoisotopic (exact) mass is 255 g/mol. The van der Waals surface area contributed by atoms with E-state index in [0.717, 1.165) is 5.56 Å². The summed E-state index contributed by atoms with van der Waals surface area (Å²) >= 11 is 0. The molecule has 2 N–H and O–H groups in total. The zero-order valence-corrected chi connectivity index (χ0v) is 10.8. The summed E-state index contributed by atoms with van der Waals surface area (Å²) in [5.74, 6) is 0. The molecule has 1 fully saturated rings. The van der Waals surface area contributed by atoms with E-state index in [-0.39, 0.29) is 0 Å². The van der Waals surface area contributed by atoms with Crippen LogP contribution in [-0.2, 0) is 20.1 Å². The van der Waals surface area contributed by atoms with Crippen LogP contribution in [0.3, 0.4) is 0 Å². The normalized spacial score (nSPS) is 19.1. The lowest BCUT2D eigenvalue weighted by Crippen LogP contribution is -2.54. The Morgan fingerprint density at radius 3 is 2.12 bits per heavy atom. The predicted molar refractivity (Wildman–Crippen MR) is 65.4 cm³/mol. The first-order chi connectivity index (χ1) is 7.86. The molecule has 1 aliphatic heterocycles. The Labute approximate surface area is 102 Å². The van der Waals surface area contributed by atoms with Crippen LogP contribution in [0, 0.1) is 0 Å². The van der Waals surface area contributed by atoms with Gasteiger partial charge in [0, 0.05) is 0 Å². The molecule has 0 bridgehead atoms. The van der Waals surface area contributed by atoms with Crippen LogP contribution in [0.5, 0.6) is 0 Å². The van der Waals surface area contributed by atoms with Gasteiger partial charge < -0.3 is 10.5 Å². The van der Waals surface area contributed by atoms with Crippen molar-refractivity contribution in [2.24, 2.45) is 5.73 Å². The van der Waals surface area contributed by atoms with Crippen molar-refractivity contribution in [3.8, 4) is 0 Å². The molecule has 4 nitrogen and oxygen atoms in total. The van der Waals surface area contributed by atoms with Crippen molar-refractivity contribution in [3.05, 3.63) is 29.8 Å². The van der Waals surface area contributed by atoms with E-state index < -0.39 is 20.6 Å². The van der Waals surface area contributed by atoms with Crippen LogP contribution in [0.1, 0.15) is 19.4 Å². The molecule has 0 radical (unpaired) electrons. The topological polar surface area (TPSA) is 69.4 Å². The summed E-state index contributed by atoms with van der Waals surface area (Å²) in [6.07, 6.45) is 0. The van der Waals surface area contributed by atoms with Crippen molar-refractivity contribution in [1.82, 2.24) is 0 Å². The van der Waals surface area contributed by atoms with Gasteiger partial charge in [0.05, 0.1) is 28.9 Å². The number of ether oxygens (including phenoxy) is 1. The first-order valence-corrected chi connectivity index (χ1v) is 7.12. The summed E-state index contributed by atoms with van der Waals surface area (Å²) in [6.45, 7) is 4.33. The zero-order valence-electron chi connectivity index (χ0n) is 10.0. The van der Waals surface area contributed by atoms with E-state index in [2.05, 4.69) is 0 Å². The molecule has 0 atom stereocenters. The molecular weight excluding hydrogens is 238 g/mol. The molecule has 1 aromatic carbocycles. The molecule has 0 amide bonds. The summed E-state index contributed by atoms with van der Waals surface area (Å²) in [5.41, 5.74) is 6.55. The van der Waals surface area contributed by atoms with Gasteiger partial charge in [-0.05, 0) is 31.5 Å². The fraction of sp³-hybridized carbons (Fsp3) is 0.500. The highest BCUT2D eigenvalue weighted by Crippen LogP contribution is 2.27. The highest BCUT2D eigenvalue weighted by atomic mass is 32.2. The molecule has 5 heteroatoms. The summed E-state index contributed by atoms with van der Waals surface area (Å²) in [7, 11) is -3.20. The van der Waals surface area contributed by atoms with Crippen LogP contribution in [-0.4, -0.2) is 26.9 Å². The van der Waals surface area contributed by atoms with Gasteiger partial charge in [-0.15, -0.1) is 0 Å². The fourth-order valence-corrected chi connectivity index (χ4v) is 2.80. The Bertz CT molecular complexity index is 501. The highest BCUT2D eigenvalue weighted by Gasteiger charge is 2.36. The van der Waals surface area contributed by atoms with E-state index in [0.29, 0.717) is 18.1 Å². The van der Waals surface area contributed by atoms with Gasteiger partial charge in [-0.25, -0.2) is 8.42 Å². The van der Waals surface area contributed by atoms with E-state index >= 15 is 0 Å². The molecule has 94 valence electrons. The molecule has 0 aliphatic carbocycles. The Morgan fingerprint density at radius 1 is 1.24 bits per heavy atom. The highest BCUT2D eigenvalue weighted by molar-refractivity contribution is 7.92. The van der Waals surface area contributed by atoms with Crippen LogP contribution in [0.2, 0.25) is 0 Å². The molecule has 0 aromatic heterocycles. The smallest absolute Gasteiger partial charge is 0.180 e. The summed E-state index contributed by atoms with van der Waals surface area (Å²) in [5, 5.41) is -0.410. The SMILES string of the molecule is CC(C)S(=O)(=O)c1ccc(C2(N)COC2)cc1. The zero-order chi connectivity index (χ0) is 12.7. The number of nitrogens with two attached hydrogens (primary N) is 1. The molecule has 2 rings (SSSR count). The Kier molecular flexibility index (Phi) is 3.01. The lowest BCUT2D eigenvalue weighted by atomic mass is 9.89. The first-order valence-electron chi connectivity index (χ1n) is 5.57. The summed E-state index contributed by atoms with van der Waals surface area (Å²) in [6, 6.07) is 6.80. The minimum atomic E-state index is -3.20. The van der Waals surface area contributed by atoms with Crippen LogP contribution in [0.15, 0.2) is 29.2 Å². The maximum absolute atomic E-state index is 11.9. The van der Waals surface area contributed by atoms with Gasteiger partial charge >= 0.3 is 0 Å². The van der Waals surface area contributed by atoms with Crippen LogP contribution in [0.4, 0.5) is 0 Å². The van der Waals surface area contributed by atoms with Gasteiger partial charge in [0.1, 0.15) is 0 Å². The second-order valence-electron chi connectivity index (χ2n) is 4.77. The molecule has 0 spiro atoms. The van der Waals surface area contributed by atoms with E-state index in [1.807, 2.05) is 0 Å². The van der Waals surface area contributed by atoms with Gasteiger partial charge in [0.25, 0.3) is 0 Å². The lowest BCUT2D eigenvalue weighted by molar-refractivity contribution is -0.0569.